The Bertz CT molecular complexity index is 545. The zero-order valence-corrected chi connectivity index (χ0v) is 9.80. The summed E-state index contributed by atoms with van der Waals surface area (Å²) in [6.45, 7) is 0. The van der Waals surface area contributed by atoms with E-state index in [0.29, 0.717) is 4.47 Å². The lowest BCUT2D eigenvalue weighted by Crippen LogP contribution is -2.01. The fourth-order valence-corrected chi connectivity index (χ4v) is 1.32. The molecule has 3 nitrogen and oxygen atoms in total. The number of hydrogen-bond acceptors (Lipinski definition) is 3. The lowest BCUT2D eigenvalue weighted by molar-refractivity contribution is 0.449. The van der Waals surface area contributed by atoms with Crippen LogP contribution in [-0.4, -0.2) is 9.97 Å². The summed E-state index contributed by atoms with van der Waals surface area (Å²) >= 11 is 3.13. The lowest BCUT2D eigenvalue weighted by Gasteiger charge is -2.06. The van der Waals surface area contributed by atoms with Gasteiger partial charge in [0, 0.05) is 12.4 Å². The quantitative estimate of drug-likeness (QED) is 0.864. The summed E-state index contributed by atoms with van der Waals surface area (Å²) in [7, 11) is 0. The van der Waals surface area contributed by atoms with E-state index in [4.69, 9.17) is 0 Å². The van der Waals surface area contributed by atoms with Gasteiger partial charge in [-0.3, -0.25) is 0 Å². The number of benzene rings is 1. The molecule has 1 heterocycles. The van der Waals surface area contributed by atoms with Crippen molar-refractivity contribution in [2.75, 3.05) is 5.32 Å². The fourth-order valence-electron chi connectivity index (χ4n) is 1.12. The molecule has 17 heavy (non-hydrogen) atoms. The number of anilines is 2. The molecule has 0 amide bonds. The standard InChI is InChI=1S/C10H5BrF3N3/c11-5-3-15-10(16-4-5)17-7-2-1-6(12)8(13)9(7)14/h1-4H,(H,15,16,17). The minimum atomic E-state index is -1.54. The summed E-state index contributed by atoms with van der Waals surface area (Å²) in [5, 5.41) is 2.44. The first-order valence-corrected chi connectivity index (χ1v) is 5.25. The predicted octanol–water partition coefficient (Wildman–Crippen LogP) is 3.40. The third kappa shape index (κ3) is 2.55. The van der Waals surface area contributed by atoms with Gasteiger partial charge in [0.15, 0.2) is 17.5 Å². The zero-order valence-electron chi connectivity index (χ0n) is 8.22. The van der Waals surface area contributed by atoms with Crippen molar-refractivity contribution in [3.8, 4) is 0 Å². The van der Waals surface area contributed by atoms with Crippen LogP contribution in [0.25, 0.3) is 0 Å². The van der Waals surface area contributed by atoms with Gasteiger partial charge < -0.3 is 5.32 Å². The zero-order chi connectivity index (χ0) is 12.4. The van der Waals surface area contributed by atoms with Crippen molar-refractivity contribution in [3.63, 3.8) is 0 Å². The number of halogens is 4. The lowest BCUT2D eigenvalue weighted by atomic mass is 10.3. The monoisotopic (exact) mass is 303 g/mol. The van der Waals surface area contributed by atoms with Gasteiger partial charge in [-0.15, -0.1) is 0 Å². The molecule has 0 aliphatic carbocycles. The Hall–Kier alpha value is -1.63. The van der Waals surface area contributed by atoms with Crippen LogP contribution in [0, 0.1) is 17.5 Å². The van der Waals surface area contributed by atoms with Crippen LogP contribution < -0.4 is 5.32 Å². The van der Waals surface area contributed by atoms with Gasteiger partial charge in [-0.05, 0) is 28.1 Å². The summed E-state index contributed by atoms with van der Waals surface area (Å²) in [5.41, 5.74) is -0.230. The summed E-state index contributed by atoms with van der Waals surface area (Å²) in [5.74, 6) is -4.01. The minimum Gasteiger partial charge on any atom is -0.322 e. The van der Waals surface area contributed by atoms with Gasteiger partial charge in [0.05, 0.1) is 10.2 Å². The van der Waals surface area contributed by atoms with Gasteiger partial charge in [-0.2, -0.15) is 0 Å². The average molecular weight is 304 g/mol. The highest BCUT2D eigenvalue weighted by molar-refractivity contribution is 9.10. The molecule has 7 heteroatoms. The first-order valence-electron chi connectivity index (χ1n) is 4.46. The van der Waals surface area contributed by atoms with Gasteiger partial charge in [0.1, 0.15) is 0 Å². The molecular formula is C10H5BrF3N3. The van der Waals surface area contributed by atoms with Gasteiger partial charge in [-0.25, -0.2) is 23.1 Å². The summed E-state index contributed by atoms with van der Waals surface area (Å²) < 4.78 is 39.5. The largest absolute Gasteiger partial charge is 0.322 e. The maximum absolute atomic E-state index is 13.3. The molecule has 1 aromatic heterocycles. The van der Waals surface area contributed by atoms with Crippen LogP contribution in [-0.2, 0) is 0 Å². The van der Waals surface area contributed by atoms with Gasteiger partial charge >= 0.3 is 0 Å². The molecule has 0 fully saturated rings. The average Bonchev–Trinajstić information content (AvgIpc) is 2.33. The Morgan fingerprint density at radius 1 is 1.00 bits per heavy atom. The Morgan fingerprint density at radius 2 is 1.65 bits per heavy atom. The molecule has 0 aliphatic heterocycles. The third-order valence-corrected chi connectivity index (χ3v) is 2.31. The molecule has 0 spiro atoms. The Morgan fingerprint density at radius 3 is 2.29 bits per heavy atom. The van der Waals surface area contributed by atoms with Gasteiger partial charge in [0.25, 0.3) is 0 Å². The summed E-state index contributed by atoms with van der Waals surface area (Å²) in [6, 6.07) is 1.89. The second-order valence-electron chi connectivity index (χ2n) is 3.07. The Kier molecular flexibility index (Phi) is 3.28. The predicted molar refractivity (Wildman–Crippen MR) is 59.3 cm³/mol. The van der Waals surface area contributed by atoms with E-state index in [-0.39, 0.29) is 11.6 Å². The van der Waals surface area contributed by atoms with Crippen LogP contribution in [0.1, 0.15) is 0 Å². The summed E-state index contributed by atoms with van der Waals surface area (Å²) in [6.07, 6.45) is 2.88. The number of aromatic nitrogens is 2. The molecule has 1 aromatic carbocycles. The molecule has 88 valence electrons. The van der Waals surface area contributed by atoms with Crippen molar-refractivity contribution in [3.05, 3.63) is 46.5 Å². The van der Waals surface area contributed by atoms with E-state index < -0.39 is 17.5 Å². The molecule has 0 atom stereocenters. The number of rotatable bonds is 2. The number of nitrogens with one attached hydrogen (secondary N) is 1. The van der Waals surface area contributed by atoms with E-state index in [1.807, 2.05) is 0 Å². The van der Waals surface area contributed by atoms with Crippen LogP contribution in [0.2, 0.25) is 0 Å². The topological polar surface area (TPSA) is 37.8 Å². The van der Waals surface area contributed by atoms with Crippen molar-refractivity contribution in [2.24, 2.45) is 0 Å². The van der Waals surface area contributed by atoms with E-state index in [1.54, 1.807) is 0 Å². The highest BCUT2D eigenvalue weighted by Gasteiger charge is 2.13. The molecule has 1 N–H and O–H groups in total. The SMILES string of the molecule is Fc1ccc(Nc2ncc(Br)cn2)c(F)c1F. The first-order chi connectivity index (χ1) is 8.08. The summed E-state index contributed by atoms with van der Waals surface area (Å²) in [4.78, 5) is 7.63. The van der Waals surface area contributed by atoms with Crippen LogP contribution in [0.4, 0.5) is 24.8 Å². The van der Waals surface area contributed by atoms with E-state index >= 15 is 0 Å². The number of hydrogen-bond donors (Lipinski definition) is 1. The highest BCUT2D eigenvalue weighted by atomic mass is 79.9. The van der Waals surface area contributed by atoms with Crippen LogP contribution >= 0.6 is 15.9 Å². The van der Waals surface area contributed by atoms with Crippen LogP contribution in [0.3, 0.4) is 0 Å². The van der Waals surface area contributed by atoms with Gasteiger partial charge in [0.2, 0.25) is 5.95 Å². The normalized spacial score (nSPS) is 10.4. The van der Waals surface area contributed by atoms with Crippen LogP contribution in [0.5, 0.6) is 0 Å². The Balaban J connectivity index is 2.30. The maximum Gasteiger partial charge on any atom is 0.227 e. The maximum atomic E-state index is 13.3. The molecule has 2 rings (SSSR count). The molecule has 0 saturated heterocycles. The highest BCUT2D eigenvalue weighted by Crippen LogP contribution is 2.22. The fraction of sp³-hybridized carbons (Fsp3) is 0. The van der Waals surface area contributed by atoms with E-state index in [2.05, 4.69) is 31.2 Å². The molecular weight excluding hydrogens is 299 g/mol. The third-order valence-electron chi connectivity index (χ3n) is 1.90. The van der Waals surface area contributed by atoms with Crippen molar-refractivity contribution in [1.29, 1.82) is 0 Å². The van der Waals surface area contributed by atoms with Crippen molar-refractivity contribution in [2.45, 2.75) is 0 Å². The molecule has 0 saturated carbocycles. The van der Waals surface area contributed by atoms with Crippen molar-refractivity contribution in [1.82, 2.24) is 9.97 Å². The second-order valence-corrected chi connectivity index (χ2v) is 3.99. The molecule has 2 aromatic rings. The molecule has 0 bridgehead atoms. The Labute approximate surface area is 103 Å². The molecule has 0 radical (unpaired) electrons. The molecule has 0 aliphatic rings. The van der Waals surface area contributed by atoms with Crippen LogP contribution in [0.15, 0.2) is 29.0 Å². The van der Waals surface area contributed by atoms with E-state index in [0.717, 1.165) is 12.1 Å². The first kappa shape index (κ1) is 11.8. The van der Waals surface area contributed by atoms with Gasteiger partial charge in [-0.1, -0.05) is 0 Å². The van der Waals surface area contributed by atoms with E-state index in [9.17, 15) is 13.2 Å². The minimum absolute atomic E-state index is 0.0816. The smallest absolute Gasteiger partial charge is 0.227 e. The van der Waals surface area contributed by atoms with Crippen molar-refractivity contribution < 1.29 is 13.2 Å². The van der Waals surface area contributed by atoms with Crippen molar-refractivity contribution >= 4 is 27.6 Å². The number of nitrogens with zero attached hydrogens (tertiary/aromatic N) is 2. The molecule has 0 unspecified atom stereocenters. The van der Waals surface area contributed by atoms with E-state index in [1.165, 1.54) is 12.4 Å². The second kappa shape index (κ2) is 4.70.